The standard InChI is InChI=1S/C17H28N2O/c1-4-10-18-17(16-8-6-5-7-9-16)15(3)19-11-12-20-14(2)13-19/h5-9,14-15,17-18H,4,10-13H2,1-3H3. The van der Waals surface area contributed by atoms with Crippen LogP contribution in [0.1, 0.15) is 38.8 Å². The monoisotopic (exact) mass is 276 g/mol. The molecule has 0 bridgehead atoms. The largest absolute Gasteiger partial charge is 0.376 e. The van der Waals surface area contributed by atoms with E-state index in [0.717, 1.165) is 32.7 Å². The molecule has 112 valence electrons. The summed E-state index contributed by atoms with van der Waals surface area (Å²) in [5.74, 6) is 0. The summed E-state index contributed by atoms with van der Waals surface area (Å²) in [5.41, 5.74) is 1.38. The van der Waals surface area contributed by atoms with E-state index in [1.165, 1.54) is 5.56 Å². The molecule has 3 unspecified atom stereocenters. The van der Waals surface area contributed by atoms with Crippen molar-refractivity contribution >= 4 is 0 Å². The Labute approximate surface area is 123 Å². The predicted molar refractivity (Wildman–Crippen MR) is 83.9 cm³/mol. The van der Waals surface area contributed by atoms with Crippen molar-refractivity contribution < 1.29 is 4.74 Å². The average molecular weight is 276 g/mol. The van der Waals surface area contributed by atoms with Gasteiger partial charge >= 0.3 is 0 Å². The molecule has 0 amide bonds. The lowest BCUT2D eigenvalue weighted by Crippen LogP contribution is -2.50. The first kappa shape index (κ1) is 15.5. The molecule has 0 radical (unpaired) electrons. The summed E-state index contributed by atoms with van der Waals surface area (Å²) < 4.78 is 5.66. The maximum Gasteiger partial charge on any atom is 0.0674 e. The van der Waals surface area contributed by atoms with Gasteiger partial charge in [-0.2, -0.15) is 0 Å². The zero-order chi connectivity index (χ0) is 14.4. The molecule has 1 aromatic rings. The smallest absolute Gasteiger partial charge is 0.0674 e. The van der Waals surface area contributed by atoms with Crippen LogP contribution in [0.3, 0.4) is 0 Å². The van der Waals surface area contributed by atoms with Crippen molar-refractivity contribution in [2.45, 2.75) is 45.4 Å². The number of rotatable bonds is 6. The molecular weight excluding hydrogens is 248 g/mol. The van der Waals surface area contributed by atoms with Gasteiger partial charge in [-0.1, -0.05) is 37.3 Å². The van der Waals surface area contributed by atoms with Crippen LogP contribution in [0.25, 0.3) is 0 Å². The molecule has 3 nitrogen and oxygen atoms in total. The Balaban J connectivity index is 2.09. The van der Waals surface area contributed by atoms with E-state index in [0.29, 0.717) is 18.2 Å². The summed E-state index contributed by atoms with van der Waals surface area (Å²) in [6, 6.07) is 11.7. The van der Waals surface area contributed by atoms with Crippen molar-refractivity contribution in [2.75, 3.05) is 26.2 Å². The van der Waals surface area contributed by atoms with Gasteiger partial charge in [-0.25, -0.2) is 0 Å². The normalized spacial score (nSPS) is 23.4. The van der Waals surface area contributed by atoms with E-state index < -0.39 is 0 Å². The van der Waals surface area contributed by atoms with Gasteiger partial charge in [0.1, 0.15) is 0 Å². The first-order valence-electron chi connectivity index (χ1n) is 7.86. The summed E-state index contributed by atoms with van der Waals surface area (Å²) >= 11 is 0. The number of nitrogens with one attached hydrogen (secondary N) is 1. The number of morpholine rings is 1. The zero-order valence-electron chi connectivity index (χ0n) is 13.0. The minimum Gasteiger partial charge on any atom is -0.376 e. The molecule has 20 heavy (non-hydrogen) atoms. The number of hydrogen-bond acceptors (Lipinski definition) is 3. The molecule has 0 aliphatic carbocycles. The molecule has 1 fully saturated rings. The Kier molecular flexibility index (Phi) is 6.02. The van der Waals surface area contributed by atoms with Crippen LogP contribution >= 0.6 is 0 Å². The molecule has 1 heterocycles. The highest BCUT2D eigenvalue weighted by Gasteiger charge is 2.27. The molecule has 3 atom stereocenters. The van der Waals surface area contributed by atoms with Gasteiger partial charge in [0.05, 0.1) is 12.7 Å². The van der Waals surface area contributed by atoms with E-state index >= 15 is 0 Å². The maximum atomic E-state index is 5.66. The molecule has 0 aromatic heterocycles. The van der Waals surface area contributed by atoms with E-state index in [1.807, 2.05) is 0 Å². The third-order valence-electron chi connectivity index (χ3n) is 4.10. The molecule has 0 spiro atoms. The highest BCUT2D eigenvalue weighted by atomic mass is 16.5. The lowest BCUT2D eigenvalue weighted by atomic mass is 9.98. The van der Waals surface area contributed by atoms with Crippen LogP contribution in [0.4, 0.5) is 0 Å². The molecule has 1 N–H and O–H groups in total. The Morgan fingerprint density at radius 2 is 2.10 bits per heavy atom. The number of nitrogens with zero attached hydrogens (tertiary/aromatic N) is 1. The minimum absolute atomic E-state index is 0.341. The Bertz CT molecular complexity index is 382. The highest BCUT2D eigenvalue weighted by Crippen LogP contribution is 2.22. The van der Waals surface area contributed by atoms with Crippen LogP contribution < -0.4 is 5.32 Å². The van der Waals surface area contributed by atoms with Gasteiger partial charge < -0.3 is 10.1 Å². The van der Waals surface area contributed by atoms with Crippen molar-refractivity contribution in [1.29, 1.82) is 0 Å². The Morgan fingerprint density at radius 3 is 2.75 bits per heavy atom. The van der Waals surface area contributed by atoms with Crippen LogP contribution in [-0.4, -0.2) is 43.3 Å². The van der Waals surface area contributed by atoms with Gasteiger partial charge in [-0.15, -0.1) is 0 Å². The third-order valence-corrected chi connectivity index (χ3v) is 4.10. The fourth-order valence-electron chi connectivity index (χ4n) is 2.95. The van der Waals surface area contributed by atoms with Crippen LogP contribution in [0, 0.1) is 0 Å². The van der Waals surface area contributed by atoms with Crippen molar-refractivity contribution in [3.05, 3.63) is 35.9 Å². The van der Waals surface area contributed by atoms with E-state index in [-0.39, 0.29) is 0 Å². The number of benzene rings is 1. The molecule has 1 aliphatic heterocycles. The Morgan fingerprint density at radius 1 is 1.35 bits per heavy atom. The van der Waals surface area contributed by atoms with E-state index in [9.17, 15) is 0 Å². The predicted octanol–water partition coefficient (Wildman–Crippen LogP) is 2.84. The topological polar surface area (TPSA) is 24.5 Å². The van der Waals surface area contributed by atoms with E-state index in [1.54, 1.807) is 0 Å². The zero-order valence-corrected chi connectivity index (χ0v) is 13.0. The SMILES string of the molecule is CCCNC(c1ccccc1)C(C)N1CCOC(C)C1. The second-order valence-corrected chi connectivity index (χ2v) is 5.76. The van der Waals surface area contributed by atoms with Crippen LogP contribution in [0.5, 0.6) is 0 Å². The molecular formula is C17H28N2O. The Hall–Kier alpha value is -0.900. The van der Waals surface area contributed by atoms with Crippen molar-refractivity contribution in [3.8, 4) is 0 Å². The molecule has 1 aliphatic rings. The molecule has 3 heteroatoms. The van der Waals surface area contributed by atoms with Gasteiger partial charge in [0, 0.05) is 25.2 Å². The maximum absolute atomic E-state index is 5.66. The highest BCUT2D eigenvalue weighted by molar-refractivity contribution is 5.20. The van der Waals surface area contributed by atoms with Gasteiger partial charge in [-0.05, 0) is 32.4 Å². The summed E-state index contributed by atoms with van der Waals surface area (Å²) in [6.45, 7) is 10.7. The summed E-state index contributed by atoms with van der Waals surface area (Å²) in [7, 11) is 0. The first-order valence-corrected chi connectivity index (χ1v) is 7.86. The lowest BCUT2D eigenvalue weighted by Gasteiger charge is -2.39. The van der Waals surface area contributed by atoms with Gasteiger partial charge in [-0.3, -0.25) is 4.90 Å². The van der Waals surface area contributed by atoms with Gasteiger partial charge in [0.25, 0.3) is 0 Å². The van der Waals surface area contributed by atoms with Crippen molar-refractivity contribution in [3.63, 3.8) is 0 Å². The number of ether oxygens (including phenoxy) is 1. The van der Waals surface area contributed by atoms with Crippen LogP contribution in [0.2, 0.25) is 0 Å². The average Bonchev–Trinajstić information content (AvgIpc) is 2.48. The van der Waals surface area contributed by atoms with Gasteiger partial charge in [0.15, 0.2) is 0 Å². The molecule has 1 aromatic carbocycles. The van der Waals surface area contributed by atoms with Crippen LogP contribution in [0.15, 0.2) is 30.3 Å². The minimum atomic E-state index is 0.341. The summed E-state index contributed by atoms with van der Waals surface area (Å²) in [5, 5.41) is 3.72. The fourth-order valence-corrected chi connectivity index (χ4v) is 2.95. The summed E-state index contributed by atoms with van der Waals surface area (Å²) in [4.78, 5) is 2.55. The first-order chi connectivity index (χ1) is 9.72. The number of hydrogen-bond donors (Lipinski definition) is 1. The second kappa shape index (κ2) is 7.77. The fraction of sp³-hybridized carbons (Fsp3) is 0.647. The molecule has 1 saturated heterocycles. The molecule has 2 rings (SSSR count). The van der Waals surface area contributed by atoms with Crippen molar-refractivity contribution in [1.82, 2.24) is 10.2 Å². The van der Waals surface area contributed by atoms with E-state index in [2.05, 4.69) is 61.3 Å². The summed E-state index contributed by atoms with van der Waals surface area (Å²) in [6.07, 6.45) is 1.50. The van der Waals surface area contributed by atoms with Crippen LogP contribution in [-0.2, 0) is 4.74 Å². The lowest BCUT2D eigenvalue weighted by molar-refractivity contribution is -0.0369. The van der Waals surface area contributed by atoms with E-state index in [4.69, 9.17) is 4.74 Å². The van der Waals surface area contributed by atoms with Crippen molar-refractivity contribution in [2.24, 2.45) is 0 Å². The quantitative estimate of drug-likeness (QED) is 0.864. The van der Waals surface area contributed by atoms with Gasteiger partial charge in [0.2, 0.25) is 0 Å². The third kappa shape index (κ3) is 4.05. The molecule has 0 saturated carbocycles. The second-order valence-electron chi connectivity index (χ2n) is 5.76.